The third-order valence-corrected chi connectivity index (χ3v) is 3.73. The molecule has 0 fully saturated rings. The normalized spacial score (nSPS) is 12.3. The first-order valence-corrected chi connectivity index (χ1v) is 7.80. The molecule has 8 heteroatoms. The lowest BCUT2D eigenvalue weighted by Crippen LogP contribution is -2.38. The minimum Gasteiger partial charge on any atom is -0.359 e. The van der Waals surface area contributed by atoms with Crippen LogP contribution in [0, 0.1) is 6.92 Å². The largest absolute Gasteiger partial charge is 0.359 e. The van der Waals surface area contributed by atoms with Crippen molar-refractivity contribution in [1.29, 1.82) is 0 Å². The number of fused-ring (bicyclic) bond motifs is 1. The van der Waals surface area contributed by atoms with Gasteiger partial charge in [0.1, 0.15) is 0 Å². The third-order valence-electron chi connectivity index (χ3n) is 3.73. The van der Waals surface area contributed by atoms with E-state index in [0.717, 1.165) is 17.8 Å². The molecule has 1 atom stereocenters. The van der Waals surface area contributed by atoms with Crippen LogP contribution in [0.25, 0.3) is 5.78 Å². The van der Waals surface area contributed by atoms with Gasteiger partial charge in [0.05, 0.1) is 24.0 Å². The first-order chi connectivity index (χ1) is 11.6. The molecule has 0 spiro atoms. The number of hydrogen-bond donors (Lipinski definition) is 1. The Morgan fingerprint density at radius 1 is 1.50 bits per heavy atom. The molecule has 0 aliphatic carbocycles. The Hall–Kier alpha value is -2.90. The molecule has 1 N–H and O–H groups in total. The molecule has 8 nitrogen and oxygen atoms in total. The predicted octanol–water partition coefficient (Wildman–Crippen LogP) is 2.32. The third kappa shape index (κ3) is 3.37. The van der Waals surface area contributed by atoms with Gasteiger partial charge >= 0.3 is 6.03 Å². The van der Waals surface area contributed by atoms with Crippen molar-refractivity contribution in [2.24, 2.45) is 0 Å². The van der Waals surface area contributed by atoms with Crippen molar-refractivity contribution >= 4 is 11.8 Å². The monoisotopic (exact) mass is 328 g/mol. The van der Waals surface area contributed by atoms with Crippen molar-refractivity contribution in [2.75, 3.05) is 7.05 Å². The van der Waals surface area contributed by atoms with Crippen molar-refractivity contribution in [3.8, 4) is 0 Å². The van der Waals surface area contributed by atoms with Crippen LogP contribution in [0.15, 0.2) is 35.2 Å². The molecule has 0 aliphatic rings. The van der Waals surface area contributed by atoms with Crippen LogP contribution >= 0.6 is 0 Å². The van der Waals surface area contributed by atoms with Crippen LogP contribution in [0.3, 0.4) is 0 Å². The number of nitrogens with zero attached hydrogens (tertiary/aromatic N) is 5. The van der Waals surface area contributed by atoms with Crippen LogP contribution in [-0.4, -0.2) is 37.5 Å². The second-order valence-corrected chi connectivity index (χ2v) is 5.69. The molecule has 3 heterocycles. The van der Waals surface area contributed by atoms with E-state index < -0.39 is 0 Å². The zero-order valence-electron chi connectivity index (χ0n) is 13.9. The van der Waals surface area contributed by atoms with E-state index in [4.69, 9.17) is 4.52 Å². The Balaban J connectivity index is 1.68. The van der Waals surface area contributed by atoms with Crippen LogP contribution in [-0.2, 0) is 6.54 Å². The maximum atomic E-state index is 12.4. The van der Waals surface area contributed by atoms with E-state index in [2.05, 4.69) is 20.4 Å². The number of carbonyl (C=O) groups is 1. The topological polar surface area (TPSA) is 88.6 Å². The first kappa shape index (κ1) is 16.0. The molecule has 24 heavy (non-hydrogen) atoms. The fourth-order valence-electron chi connectivity index (χ4n) is 2.46. The summed E-state index contributed by atoms with van der Waals surface area (Å²) < 4.78 is 6.98. The zero-order valence-corrected chi connectivity index (χ0v) is 13.9. The van der Waals surface area contributed by atoms with Gasteiger partial charge in [-0.15, -0.1) is 0 Å². The smallest absolute Gasteiger partial charge is 0.318 e. The molecular weight excluding hydrogens is 308 g/mol. The Morgan fingerprint density at radius 2 is 2.33 bits per heavy atom. The second kappa shape index (κ2) is 6.69. The van der Waals surface area contributed by atoms with Crippen LogP contribution in [0.1, 0.15) is 36.5 Å². The summed E-state index contributed by atoms with van der Waals surface area (Å²) in [5, 5.41) is 6.82. The van der Waals surface area contributed by atoms with E-state index in [1.54, 1.807) is 18.1 Å². The Bertz CT molecular complexity index is 807. The summed E-state index contributed by atoms with van der Waals surface area (Å²) in [5.41, 5.74) is 1.58. The van der Waals surface area contributed by atoms with Gasteiger partial charge in [-0.25, -0.2) is 14.8 Å². The fraction of sp³-hybridized carbons (Fsp3) is 0.375. The van der Waals surface area contributed by atoms with Gasteiger partial charge in [0.15, 0.2) is 5.76 Å². The number of rotatable bonds is 5. The molecule has 3 aromatic rings. The van der Waals surface area contributed by atoms with E-state index >= 15 is 0 Å². The van der Waals surface area contributed by atoms with Gasteiger partial charge in [0.2, 0.25) is 5.78 Å². The number of nitrogens with one attached hydrogen (secondary N) is 1. The van der Waals surface area contributed by atoms with Gasteiger partial charge < -0.3 is 14.7 Å². The quantitative estimate of drug-likeness (QED) is 0.776. The lowest BCUT2D eigenvalue weighted by atomic mass is 10.2. The molecule has 0 aliphatic heterocycles. The average molecular weight is 328 g/mol. The van der Waals surface area contributed by atoms with Gasteiger partial charge in [-0.1, -0.05) is 12.1 Å². The predicted molar refractivity (Wildman–Crippen MR) is 87.3 cm³/mol. The minimum absolute atomic E-state index is 0.182. The van der Waals surface area contributed by atoms with Crippen molar-refractivity contribution in [2.45, 2.75) is 32.9 Å². The van der Waals surface area contributed by atoms with E-state index in [1.807, 2.05) is 42.8 Å². The highest BCUT2D eigenvalue weighted by Crippen LogP contribution is 2.16. The van der Waals surface area contributed by atoms with Crippen LogP contribution in [0.4, 0.5) is 4.79 Å². The summed E-state index contributed by atoms with van der Waals surface area (Å²) >= 11 is 0. The number of aromatic nitrogens is 4. The average Bonchev–Trinajstić information content (AvgIpc) is 3.18. The van der Waals surface area contributed by atoms with Gasteiger partial charge in [0, 0.05) is 31.7 Å². The summed E-state index contributed by atoms with van der Waals surface area (Å²) in [6.07, 6.45) is 6.19. The number of hydrogen-bond acceptors (Lipinski definition) is 5. The van der Waals surface area contributed by atoms with Gasteiger partial charge in [-0.05, 0) is 19.4 Å². The van der Waals surface area contributed by atoms with E-state index in [-0.39, 0.29) is 12.1 Å². The zero-order chi connectivity index (χ0) is 17.1. The summed E-state index contributed by atoms with van der Waals surface area (Å²) in [6.45, 7) is 4.20. The molecule has 0 saturated carbocycles. The molecule has 0 radical (unpaired) electrons. The Kier molecular flexibility index (Phi) is 4.45. The number of amides is 2. The molecule has 126 valence electrons. The van der Waals surface area contributed by atoms with Gasteiger partial charge in [-0.3, -0.25) is 4.40 Å². The molecule has 3 aromatic heterocycles. The molecule has 3 rings (SSSR count). The van der Waals surface area contributed by atoms with Gasteiger partial charge in [-0.2, -0.15) is 0 Å². The lowest BCUT2D eigenvalue weighted by Gasteiger charge is -2.21. The summed E-state index contributed by atoms with van der Waals surface area (Å²) in [6, 6.07) is 3.28. The van der Waals surface area contributed by atoms with Crippen LogP contribution in [0.2, 0.25) is 0 Å². The molecule has 0 aromatic carbocycles. The van der Waals surface area contributed by atoms with Crippen molar-refractivity contribution in [3.05, 3.63) is 47.9 Å². The van der Waals surface area contributed by atoms with Crippen molar-refractivity contribution in [1.82, 2.24) is 29.7 Å². The lowest BCUT2D eigenvalue weighted by molar-refractivity contribution is 0.196. The van der Waals surface area contributed by atoms with E-state index in [1.165, 1.54) is 0 Å². The molecule has 0 bridgehead atoms. The number of carbonyl (C=O) groups excluding carboxylic acids is 1. The first-order valence-electron chi connectivity index (χ1n) is 7.80. The number of imidazole rings is 1. The SMILES string of the molecule is CCC(NC(=O)N(C)Cc1cc(C)no1)c1cn2cccnc2n1. The summed E-state index contributed by atoms with van der Waals surface area (Å²) in [5.74, 6) is 1.26. The molecule has 2 amide bonds. The highest BCUT2D eigenvalue weighted by atomic mass is 16.5. The molecule has 0 saturated heterocycles. The van der Waals surface area contributed by atoms with E-state index in [9.17, 15) is 4.79 Å². The Labute approximate surface area is 139 Å². The summed E-state index contributed by atoms with van der Waals surface area (Å²) in [4.78, 5) is 22.6. The van der Waals surface area contributed by atoms with Crippen molar-refractivity contribution < 1.29 is 9.32 Å². The highest BCUT2D eigenvalue weighted by molar-refractivity contribution is 5.74. The standard InChI is InChI=1S/C16H20N6O2/c1-4-13(14-10-22-7-5-6-17-15(22)18-14)19-16(23)21(3)9-12-8-11(2)20-24-12/h5-8,10,13H,4,9H2,1-3H3,(H,19,23). The maximum Gasteiger partial charge on any atom is 0.318 e. The maximum absolute atomic E-state index is 12.4. The highest BCUT2D eigenvalue weighted by Gasteiger charge is 2.19. The van der Waals surface area contributed by atoms with Crippen molar-refractivity contribution in [3.63, 3.8) is 0 Å². The summed E-state index contributed by atoms with van der Waals surface area (Å²) in [7, 11) is 1.71. The van der Waals surface area contributed by atoms with Gasteiger partial charge in [0.25, 0.3) is 0 Å². The Morgan fingerprint density at radius 3 is 3.00 bits per heavy atom. The molecule has 1 unspecified atom stereocenters. The molecular formula is C16H20N6O2. The van der Waals surface area contributed by atoms with Crippen LogP contribution < -0.4 is 5.32 Å². The van der Waals surface area contributed by atoms with Crippen LogP contribution in [0.5, 0.6) is 0 Å². The van der Waals surface area contributed by atoms with E-state index in [0.29, 0.717) is 18.1 Å². The number of urea groups is 1. The fourth-order valence-corrected chi connectivity index (χ4v) is 2.46. The number of aryl methyl sites for hydroxylation is 1. The second-order valence-electron chi connectivity index (χ2n) is 5.69. The minimum atomic E-state index is -0.194.